The van der Waals surface area contributed by atoms with Gasteiger partial charge in [0.25, 0.3) is 0 Å². The molecule has 0 aliphatic heterocycles. The van der Waals surface area contributed by atoms with E-state index in [0.717, 1.165) is 11.8 Å². The summed E-state index contributed by atoms with van der Waals surface area (Å²) >= 11 is 0. The highest BCUT2D eigenvalue weighted by atomic mass is 14.8. The molecule has 0 bridgehead atoms. The van der Waals surface area contributed by atoms with Gasteiger partial charge in [-0.25, -0.2) is 0 Å². The maximum atomic E-state index is 3.54. The Hall–Kier alpha value is -0.0400. The average Bonchev–Trinajstić information content (AvgIpc) is 2.20. The zero-order valence-electron chi connectivity index (χ0n) is 12.0. The Morgan fingerprint density at radius 2 is 1.12 bits per heavy atom. The molecule has 0 aliphatic rings. The normalized spacial score (nSPS) is 11.6. The predicted molar refractivity (Wildman–Crippen MR) is 74.9 cm³/mol. The smallest absolute Gasteiger partial charge is 0.00488 e. The highest BCUT2D eigenvalue weighted by Crippen LogP contribution is 2.09. The van der Waals surface area contributed by atoms with Gasteiger partial charge in [0.15, 0.2) is 0 Å². The fourth-order valence-corrected chi connectivity index (χ4v) is 1.92. The zero-order chi connectivity index (χ0) is 12.2. The van der Waals surface area contributed by atoms with Crippen LogP contribution in [0.25, 0.3) is 0 Å². The first-order valence-electron chi connectivity index (χ1n) is 7.33. The van der Waals surface area contributed by atoms with Crippen LogP contribution in [0.15, 0.2) is 0 Å². The fourth-order valence-electron chi connectivity index (χ4n) is 1.92. The molecule has 1 nitrogen and oxygen atoms in total. The molecule has 0 atom stereocenters. The molecule has 0 saturated carbocycles. The first kappa shape index (κ1) is 16.0. The standard InChI is InChI=1S/C15H33N/c1-14(2)10-7-5-6-8-12-16-13-9-11-15(3)4/h14-16H,5-13H2,1-4H3. The molecule has 0 unspecified atom stereocenters. The third-order valence-electron chi connectivity index (χ3n) is 3.02. The van der Waals surface area contributed by atoms with Gasteiger partial charge in [-0.1, -0.05) is 53.4 Å². The van der Waals surface area contributed by atoms with Crippen LogP contribution in [0.5, 0.6) is 0 Å². The van der Waals surface area contributed by atoms with Crippen LogP contribution in [0.2, 0.25) is 0 Å². The minimum atomic E-state index is 0.859. The van der Waals surface area contributed by atoms with Gasteiger partial charge in [-0.15, -0.1) is 0 Å². The lowest BCUT2D eigenvalue weighted by atomic mass is 10.0. The molecule has 0 aromatic carbocycles. The van der Waals surface area contributed by atoms with Crippen molar-refractivity contribution in [3.8, 4) is 0 Å². The van der Waals surface area contributed by atoms with Crippen molar-refractivity contribution in [3.05, 3.63) is 0 Å². The van der Waals surface area contributed by atoms with E-state index in [2.05, 4.69) is 33.0 Å². The Morgan fingerprint density at radius 3 is 1.75 bits per heavy atom. The number of hydrogen-bond donors (Lipinski definition) is 1. The summed E-state index contributed by atoms with van der Waals surface area (Å²) in [6.45, 7) is 11.7. The van der Waals surface area contributed by atoms with Crippen LogP contribution in [0, 0.1) is 11.8 Å². The molecule has 0 aliphatic carbocycles. The van der Waals surface area contributed by atoms with Gasteiger partial charge in [0, 0.05) is 0 Å². The number of hydrogen-bond acceptors (Lipinski definition) is 1. The van der Waals surface area contributed by atoms with E-state index in [1.165, 1.54) is 58.0 Å². The van der Waals surface area contributed by atoms with E-state index in [9.17, 15) is 0 Å². The molecule has 0 amide bonds. The van der Waals surface area contributed by atoms with E-state index in [0.29, 0.717) is 0 Å². The molecule has 0 fully saturated rings. The second-order valence-electron chi connectivity index (χ2n) is 5.88. The molecule has 0 saturated heterocycles. The third kappa shape index (κ3) is 14.0. The van der Waals surface area contributed by atoms with Crippen LogP contribution >= 0.6 is 0 Å². The maximum absolute atomic E-state index is 3.54. The molecule has 1 N–H and O–H groups in total. The summed E-state index contributed by atoms with van der Waals surface area (Å²) in [5.74, 6) is 1.74. The highest BCUT2D eigenvalue weighted by molar-refractivity contribution is 4.53. The van der Waals surface area contributed by atoms with E-state index in [1.54, 1.807) is 0 Å². The maximum Gasteiger partial charge on any atom is -0.00488 e. The molecule has 0 aromatic rings. The second-order valence-corrected chi connectivity index (χ2v) is 5.88. The Bertz CT molecular complexity index is 113. The van der Waals surface area contributed by atoms with Crippen molar-refractivity contribution < 1.29 is 0 Å². The Kier molecular flexibility index (Phi) is 11.4. The molecular weight excluding hydrogens is 194 g/mol. The molecule has 1 heteroatoms. The van der Waals surface area contributed by atoms with Gasteiger partial charge >= 0.3 is 0 Å². The molecule has 0 rings (SSSR count). The van der Waals surface area contributed by atoms with Crippen LogP contribution in [-0.4, -0.2) is 13.1 Å². The zero-order valence-corrected chi connectivity index (χ0v) is 12.0. The monoisotopic (exact) mass is 227 g/mol. The van der Waals surface area contributed by atoms with Gasteiger partial charge in [-0.3, -0.25) is 0 Å². The SMILES string of the molecule is CC(C)CCCCCCNCCCC(C)C. The summed E-state index contributed by atoms with van der Waals surface area (Å²) in [5.41, 5.74) is 0. The van der Waals surface area contributed by atoms with Gasteiger partial charge in [0.05, 0.1) is 0 Å². The first-order valence-corrected chi connectivity index (χ1v) is 7.33. The van der Waals surface area contributed by atoms with Crippen molar-refractivity contribution in [3.63, 3.8) is 0 Å². The second kappa shape index (κ2) is 11.4. The van der Waals surface area contributed by atoms with E-state index in [4.69, 9.17) is 0 Å². The Morgan fingerprint density at radius 1 is 0.625 bits per heavy atom. The number of rotatable bonds is 11. The summed E-state index contributed by atoms with van der Waals surface area (Å²) in [5, 5.41) is 3.54. The minimum absolute atomic E-state index is 0.859. The van der Waals surface area contributed by atoms with Crippen molar-refractivity contribution in [2.24, 2.45) is 11.8 Å². The largest absolute Gasteiger partial charge is 0.317 e. The Labute approximate surface area is 103 Å². The summed E-state index contributed by atoms with van der Waals surface area (Å²) in [4.78, 5) is 0. The molecular formula is C15H33N. The highest BCUT2D eigenvalue weighted by Gasteiger charge is 1.95. The fraction of sp³-hybridized carbons (Fsp3) is 1.00. The number of nitrogens with one attached hydrogen (secondary N) is 1. The Balaban J connectivity index is 2.93. The van der Waals surface area contributed by atoms with E-state index in [1.807, 2.05) is 0 Å². The van der Waals surface area contributed by atoms with Crippen LogP contribution in [0.1, 0.15) is 72.6 Å². The average molecular weight is 227 g/mol. The van der Waals surface area contributed by atoms with Crippen molar-refractivity contribution >= 4 is 0 Å². The van der Waals surface area contributed by atoms with Gasteiger partial charge in [0.2, 0.25) is 0 Å². The van der Waals surface area contributed by atoms with Crippen LogP contribution in [0.4, 0.5) is 0 Å². The van der Waals surface area contributed by atoms with Crippen molar-refractivity contribution in [1.82, 2.24) is 5.32 Å². The molecule has 0 heterocycles. The molecule has 0 spiro atoms. The summed E-state index contributed by atoms with van der Waals surface area (Å²) in [6, 6.07) is 0. The van der Waals surface area contributed by atoms with Gasteiger partial charge in [0.1, 0.15) is 0 Å². The van der Waals surface area contributed by atoms with E-state index < -0.39 is 0 Å². The summed E-state index contributed by atoms with van der Waals surface area (Å²) < 4.78 is 0. The van der Waals surface area contributed by atoms with E-state index >= 15 is 0 Å². The van der Waals surface area contributed by atoms with Crippen molar-refractivity contribution in [2.45, 2.75) is 72.6 Å². The van der Waals surface area contributed by atoms with Gasteiger partial charge < -0.3 is 5.32 Å². The lowest BCUT2D eigenvalue weighted by molar-refractivity contribution is 0.499. The minimum Gasteiger partial charge on any atom is -0.317 e. The van der Waals surface area contributed by atoms with Gasteiger partial charge in [-0.05, 0) is 44.2 Å². The third-order valence-corrected chi connectivity index (χ3v) is 3.02. The predicted octanol–water partition coefficient (Wildman–Crippen LogP) is 4.62. The van der Waals surface area contributed by atoms with E-state index in [-0.39, 0.29) is 0 Å². The molecule has 98 valence electrons. The van der Waals surface area contributed by atoms with Gasteiger partial charge in [-0.2, -0.15) is 0 Å². The molecule has 0 radical (unpaired) electrons. The van der Waals surface area contributed by atoms with Crippen LogP contribution in [0.3, 0.4) is 0 Å². The molecule has 0 aromatic heterocycles. The van der Waals surface area contributed by atoms with Crippen molar-refractivity contribution in [2.75, 3.05) is 13.1 Å². The topological polar surface area (TPSA) is 12.0 Å². The summed E-state index contributed by atoms with van der Waals surface area (Å²) in [6.07, 6.45) is 9.72. The first-order chi connectivity index (χ1) is 7.63. The molecule has 16 heavy (non-hydrogen) atoms. The lowest BCUT2D eigenvalue weighted by Crippen LogP contribution is -2.17. The number of unbranched alkanes of at least 4 members (excludes halogenated alkanes) is 3. The van der Waals surface area contributed by atoms with Crippen LogP contribution < -0.4 is 5.32 Å². The quantitative estimate of drug-likeness (QED) is 0.508. The lowest BCUT2D eigenvalue weighted by Gasteiger charge is -2.07. The van der Waals surface area contributed by atoms with Crippen LogP contribution in [-0.2, 0) is 0 Å². The van der Waals surface area contributed by atoms with Crippen molar-refractivity contribution in [1.29, 1.82) is 0 Å². The summed E-state index contributed by atoms with van der Waals surface area (Å²) in [7, 11) is 0.